The fourth-order valence-electron chi connectivity index (χ4n) is 2.84. The van der Waals surface area contributed by atoms with Gasteiger partial charge in [-0.1, -0.05) is 24.3 Å². The van der Waals surface area contributed by atoms with Crippen LogP contribution in [0.15, 0.2) is 57.7 Å². The molecule has 3 aromatic rings. The number of hydrogen-bond donors (Lipinski definition) is 2. The van der Waals surface area contributed by atoms with Crippen LogP contribution >= 0.6 is 0 Å². The standard InChI is InChI=1S/C18H13NO7/c20-15(21)9-13(10-5-7-11(8-6-10)19(24)25)16-17(22)12-3-1-2-4-14(12)26-18(16)23/h1-8,13,22H,9H2,(H,20,21). The van der Waals surface area contributed by atoms with Crippen molar-refractivity contribution in [1.82, 2.24) is 0 Å². The van der Waals surface area contributed by atoms with Gasteiger partial charge >= 0.3 is 11.6 Å². The van der Waals surface area contributed by atoms with Crippen molar-refractivity contribution in [3.05, 3.63) is 80.2 Å². The van der Waals surface area contributed by atoms with Crippen LogP contribution < -0.4 is 5.63 Å². The van der Waals surface area contributed by atoms with E-state index in [1.807, 2.05) is 0 Å². The van der Waals surface area contributed by atoms with Crippen molar-refractivity contribution in [2.75, 3.05) is 0 Å². The Morgan fingerprint density at radius 1 is 1.15 bits per heavy atom. The Labute approximate surface area is 146 Å². The van der Waals surface area contributed by atoms with Crippen molar-refractivity contribution in [3.63, 3.8) is 0 Å². The normalized spacial score (nSPS) is 12.0. The smallest absolute Gasteiger partial charge is 0.343 e. The van der Waals surface area contributed by atoms with Crippen LogP contribution in [0.25, 0.3) is 11.0 Å². The van der Waals surface area contributed by atoms with Gasteiger partial charge in [-0.25, -0.2) is 4.79 Å². The summed E-state index contributed by atoms with van der Waals surface area (Å²) >= 11 is 0. The Kier molecular flexibility index (Phi) is 4.40. The van der Waals surface area contributed by atoms with Crippen LogP contribution in [0.4, 0.5) is 5.69 Å². The third-order valence-electron chi connectivity index (χ3n) is 4.05. The van der Waals surface area contributed by atoms with Crippen molar-refractivity contribution < 1.29 is 24.3 Å². The summed E-state index contributed by atoms with van der Waals surface area (Å²) in [5.74, 6) is -2.57. The zero-order valence-electron chi connectivity index (χ0n) is 13.3. The molecule has 8 heteroatoms. The van der Waals surface area contributed by atoms with Crippen LogP contribution in [0, 0.1) is 10.1 Å². The fourth-order valence-corrected chi connectivity index (χ4v) is 2.84. The van der Waals surface area contributed by atoms with E-state index in [2.05, 4.69) is 0 Å². The molecule has 2 N–H and O–H groups in total. The zero-order chi connectivity index (χ0) is 18.8. The second-order valence-corrected chi connectivity index (χ2v) is 5.65. The lowest BCUT2D eigenvalue weighted by molar-refractivity contribution is -0.384. The van der Waals surface area contributed by atoms with E-state index in [1.54, 1.807) is 18.2 Å². The van der Waals surface area contributed by atoms with Gasteiger partial charge in [0, 0.05) is 18.1 Å². The number of fused-ring (bicyclic) bond motifs is 1. The number of aliphatic carboxylic acids is 1. The first-order valence-electron chi connectivity index (χ1n) is 7.59. The average molecular weight is 355 g/mol. The van der Waals surface area contributed by atoms with Gasteiger partial charge in [-0.05, 0) is 17.7 Å². The summed E-state index contributed by atoms with van der Waals surface area (Å²) < 4.78 is 5.20. The first-order chi connectivity index (χ1) is 12.4. The van der Waals surface area contributed by atoms with Gasteiger partial charge in [0.05, 0.1) is 22.3 Å². The maximum absolute atomic E-state index is 12.4. The molecule has 0 saturated carbocycles. The summed E-state index contributed by atoms with van der Waals surface area (Å²) in [5, 5.41) is 30.8. The van der Waals surface area contributed by atoms with Gasteiger partial charge in [0.2, 0.25) is 0 Å². The molecule has 0 radical (unpaired) electrons. The minimum atomic E-state index is -1.19. The lowest BCUT2D eigenvalue weighted by Crippen LogP contribution is -2.17. The Balaban J connectivity index is 2.20. The summed E-state index contributed by atoms with van der Waals surface area (Å²) in [5.41, 5.74) is -0.698. The quantitative estimate of drug-likeness (QED) is 0.408. The molecule has 1 aromatic heterocycles. The van der Waals surface area contributed by atoms with Crippen LogP contribution in [0.2, 0.25) is 0 Å². The highest BCUT2D eigenvalue weighted by atomic mass is 16.6. The predicted molar refractivity (Wildman–Crippen MR) is 91.3 cm³/mol. The lowest BCUT2D eigenvalue weighted by atomic mass is 9.88. The van der Waals surface area contributed by atoms with E-state index in [0.717, 1.165) is 0 Å². The van der Waals surface area contributed by atoms with Crippen LogP contribution in [0.3, 0.4) is 0 Å². The molecule has 132 valence electrons. The van der Waals surface area contributed by atoms with Gasteiger partial charge in [0.25, 0.3) is 5.69 Å². The Morgan fingerprint density at radius 2 is 1.81 bits per heavy atom. The number of para-hydroxylation sites is 1. The molecule has 0 aliphatic heterocycles. The van der Waals surface area contributed by atoms with Crippen LogP contribution in [-0.2, 0) is 4.79 Å². The third kappa shape index (κ3) is 3.12. The molecule has 0 aliphatic carbocycles. The summed E-state index contributed by atoms with van der Waals surface area (Å²) in [6.45, 7) is 0. The number of hydrogen-bond acceptors (Lipinski definition) is 6. The highest BCUT2D eigenvalue weighted by Gasteiger charge is 2.27. The van der Waals surface area contributed by atoms with E-state index in [4.69, 9.17) is 4.42 Å². The summed E-state index contributed by atoms with van der Waals surface area (Å²) in [6, 6.07) is 11.5. The Bertz CT molecular complexity index is 1050. The maximum Gasteiger partial charge on any atom is 0.343 e. The van der Waals surface area contributed by atoms with E-state index >= 15 is 0 Å². The SMILES string of the molecule is O=C(O)CC(c1ccc([N+](=O)[O-])cc1)c1c(O)c2ccccc2oc1=O. The van der Waals surface area contributed by atoms with Gasteiger partial charge in [0.1, 0.15) is 11.3 Å². The van der Waals surface area contributed by atoms with Crippen molar-refractivity contribution in [2.24, 2.45) is 0 Å². The first kappa shape index (κ1) is 17.2. The number of aromatic hydroxyl groups is 1. The molecule has 0 saturated heterocycles. The van der Waals surface area contributed by atoms with Crippen LogP contribution in [0.5, 0.6) is 5.75 Å². The van der Waals surface area contributed by atoms with Crippen molar-refractivity contribution in [1.29, 1.82) is 0 Å². The lowest BCUT2D eigenvalue weighted by Gasteiger charge is -2.16. The monoisotopic (exact) mass is 355 g/mol. The van der Waals surface area contributed by atoms with Crippen molar-refractivity contribution in [2.45, 2.75) is 12.3 Å². The second-order valence-electron chi connectivity index (χ2n) is 5.65. The fraction of sp³-hybridized carbons (Fsp3) is 0.111. The number of carboxylic acid groups (broad SMARTS) is 1. The molecule has 3 rings (SSSR count). The molecule has 0 amide bonds. The predicted octanol–water partition coefficient (Wildman–Crippen LogP) is 3.01. The van der Waals surface area contributed by atoms with Crippen LogP contribution in [0.1, 0.15) is 23.5 Å². The van der Waals surface area contributed by atoms with Gasteiger partial charge in [-0.2, -0.15) is 0 Å². The van der Waals surface area contributed by atoms with E-state index in [0.29, 0.717) is 5.56 Å². The molecular formula is C18H13NO7. The van der Waals surface area contributed by atoms with E-state index in [9.17, 15) is 29.9 Å². The number of benzene rings is 2. The average Bonchev–Trinajstić information content (AvgIpc) is 2.60. The zero-order valence-corrected chi connectivity index (χ0v) is 13.3. The topological polar surface area (TPSA) is 131 Å². The van der Waals surface area contributed by atoms with Gasteiger partial charge < -0.3 is 14.6 Å². The molecule has 0 spiro atoms. The Morgan fingerprint density at radius 3 is 2.42 bits per heavy atom. The van der Waals surface area contributed by atoms with Crippen molar-refractivity contribution in [3.8, 4) is 5.75 Å². The molecule has 26 heavy (non-hydrogen) atoms. The Hall–Kier alpha value is -3.68. The molecule has 0 bridgehead atoms. The summed E-state index contributed by atoms with van der Waals surface area (Å²) in [6.07, 6.45) is -0.492. The molecule has 0 fully saturated rings. The highest BCUT2D eigenvalue weighted by Crippen LogP contribution is 2.36. The molecule has 8 nitrogen and oxygen atoms in total. The second kappa shape index (κ2) is 6.67. The maximum atomic E-state index is 12.4. The molecule has 1 atom stereocenters. The van der Waals surface area contributed by atoms with Crippen LogP contribution in [-0.4, -0.2) is 21.1 Å². The minimum Gasteiger partial charge on any atom is -0.507 e. The molecule has 0 aliphatic rings. The van der Waals surface area contributed by atoms with E-state index < -0.39 is 28.9 Å². The van der Waals surface area contributed by atoms with Gasteiger partial charge in [-0.3, -0.25) is 14.9 Å². The number of rotatable bonds is 5. The summed E-state index contributed by atoms with van der Waals surface area (Å²) in [7, 11) is 0. The van der Waals surface area contributed by atoms with Gasteiger partial charge in [-0.15, -0.1) is 0 Å². The van der Waals surface area contributed by atoms with E-state index in [1.165, 1.54) is 30.3 Å². The highest BCUT2D eigenvalue weighted by molar-refractivity contribution is 5.84. The first-order valence-corrected chi connectivity index (χ1v) is 7.59. The largest absolute Gasteiger partial charge is 0.507 e. The minimum absolute atomic E-state index is 0.169. The number of nitrogens with zero attached hydrogens (tertiary/aromatic N) is 1. The molecule has 2 aromatic carbocycles. The van der Waals surface area contributed by atoms with Crippen molar-refractivity contribution >= 4 is 22.6 Å². The number of nitro groups is 1. The third-order valence-corrected chi connectivity index (χ3v) is 4.05. The number of carboxylic acids is 1. The summed E-state index contributed by atoms with van der Waals surface area (Å²) in [4.78, 5) is 33.9. The molecule has 1 unspecified atom stereocenters. The molecular weight excluding hydrogens is 342 g/mol. The van der Waals surface area contributed by atoms with E-state index in [-0.39, 0.29) is 28.0 Å². The number of carbonyl (C=O) groups is 1. The number of nitro benzene ring substituents is 1. The number of non-ortho nitro benzene ring substituents is 1. The van der Waals surface area contributed by atoms with Gasteiger partial charge in [0.15, 0.2) is 0 Å². The molecule has 1 heterocycles.